The Balaban J connectivity index is 1.17. The zero-order valence-corrected chi connectivity index (χ0v) is 19.5. The SMILES string of the molecule is O=C(CN1CCN(c2ncnc3[nH]ccc23)CC1)Nc1cccc(S(=O)(=O)N2CCOCC2)c1. The minimum absolute atomic E-state index is 0.168. The summed E-state index contributed by atoms with van der Waals surface area (Å²) >= 11 is 0. The predicted octanol–water partition coefficient (Wildman–Crippen LogP) is 0.739. The fourth-order valence-corrected chi connectivity index (χ4v) is 5.76. The highest BCUT2D eigenvalue weighted by Gasteiger charge is 2.27. The number of hydrogen-bond donors (Lipinski definition) is 2. The second-order valence-corrected chi connectivity index (χ2v) is 10.2. The Morgan fingerprint density at radius 1 is 1.06 bits per heavy atom. The first kappa shape index (κ1) is 22.7. The topological polar surface area (TPSA) is 124 Å². The van der Waals surface area contributed by atoms with Gasteiger partial charge in [0.25, 0.3) is 0 Å². The van der Waals surface area contributed by atoms with E-state index >= 15 is 0 Å². The molecular formula is C22H27N7O4S. The maximum atomic E-state index is 12.9. The highest BCUT2D eigenvalue weighted by Crippen LogP contribution is 2.23. The Hall–Kier alpha value is -3.06. The molecule has 0 radical (unpaired) electrons. The highest BCUT2D eigenvalue weighted by atomic mass is 32.2. The summed E-state index contributed by atoms with van der Waals surface area (Å²) in [7, 11) is -3.62. The third-order valence-electron chi connectivity index (χ3n) is 6.10. The largest absolute Gasteiger partial charge is 0.379 e. The van der Waals surface area contributed by atoms with Crippen LogP contribution in [-0.4, -0.2) is 97.5 Å². The molecule has 3 aromatic rings. The Kier molecular flexibility index (Phi) is 6.46. The molecule has 0 saturated carbocycles. The van der Waals surface area contributed by atoms with Crippen LogP contribution in [0.15, 0.2) is 47.8 Å². The summed E-state index contributed by atoms with van der Waals surface area (Å²) < 4.78 is 32.4. The summed E-state index contributed by atoms with van der Waals surface area (Å²) in [4.78, 5) is 28.9. The van der Waals surface area contributed by atoms with E-state index < -0.39 is 10.0 Å². The van der Waals surface area contributed by atoms with Gasteiger partial charge in [-0.25, -0.2) is 18.4 Å². The van der Waals surface area contributed by atoms with Crippen molar-refractivity contribution >= 4 is 38.5 Å². The Morgan fingerprint density at radius 2 is 1.85 bits per heavy atom. The third-order valence-corrected chi connectivity index (χ3v) is 7.99. The van der Waals surface area contributed by atoms with Gasteiger partial charge in [0.15, 0.2) is 0 Å². The van der Waals surface area contributed by atoms with E-state index in [1.165, 1.54) is 10.4 Å². The van der Waals surface area contributed by atoms with Crippen LogP contribution in [0.4, 0.5) is 11.5 Å². The average Bonchev–Trinajstić information content (AvgIpc) is 3.34. The number of nitrogens with one attached hydrogen (secondary N) is 2. The van der Waals surface area contributed by atoms with Crippen molar-refractivity contribution < 1.29 is 17.9 Å². The molecule has 1 aromatic carbocycles. The number of piperazine rings is 1. The number of sulfonamides is 1. The van der Waals surface area contributed by atoms with Gasteiger partial charge in [-0.1, -0.05) is 6.07 Å². The summed E-state index contributed by atoms with van der Waals surface area (Å²) in [6, 6.07) is 8.38. The Bertz CT molecular complexity index is 1270. The first-order valence-corrected chi connectivity index (χ1v) is 12.7. The van der Waals surface area contributed by atoms with E-state index in [1.807, 2.05) is 12.3 Å². The lowest BCUT2D eigenvalue weighted by molar-refractivity contribution is -0.117. The number of benzene rings is 1. The van der Waals surface area contributed by atoms with E-state index in [2.05, 4.69) is 30.1 Å². The summed E-state index contributed by atoms with van der Waals surface area (Å²) in [5, 5.41) is 3.83. The molecule has 2 N–H and O–H groups in total. The van der Waals surface area contributed by atoms with Gasteiger partial charge < -0.3 is 19.9 Å². The summed E-state index contributed by atoms with van der Waals surface area (Å²) in [5.41, 5.74) is 1.28. The van der Waals surface area contributed by atoms with Crippen LogP contribution in [-0.2, 0) is 19.6 Å². The molecule has 2 aliphatic heterocycles. The number of amides is 1. The van der Waals surface area contributed by atoms with E-state index in [4.69, 9.17) is 4.74 Å². The van der Waals surface area contributed by atoms with E-state index in [9.17, 15) is 13.2 Å². The van der Waals surface area contributed by atoms with Crippen molar-refractivity contribution in [3.8, 4) is 0 Å². The van der Waals surface area contributed by atoms with E-state index in [-0.39, 0.29) is 17.3 Å². The second-order valence-electron chi connectivity index (χ2n) is 8.29. The standard InChI is InChI=1S/C22H27N7O4S/c30-20(26-17-2-1-3-18(14-17)34(31,32)29-10-12-33-13-11-29)15-27-6-8-28(9-7-27)22-19-4-5-23-21(19)24-16-25-22/h1-5,14,16H,6-13,15H2,(H,26,30)(H,23,24,25). The number of ether oxygens (including phenoxy) is 1. The van der Waals surface area contributed by atoms with Crippen molar-refractivity contribution in [3.05, 3.63) is 42.9 Å². The number of H-pyrrole nitrogens is 1. The lowest BCUT2D eigenvalue weighted by Gasteiger charge is -2.35. The number of aromatic nitrogens is 3. The van der Waals surface area contributed by atoms with Gasteiger partial charge in [0.05, 0.1) is 30.0 Å². The van der Waals surface area contributed by atoms with Gasteiger partial charge in [0, 0.05) is 51.2 Å². The Morgan fingerprint density at radius 3 is 2.65 bits per heavy atom. The van der Waals surface area contributed by atoms with E-state index in [0.29, 0.717) is 32.0 Å². The summed E-state index contributed by atoms with van der Waals surface area (Å²) in [5.74, 6) is 0.720. The van der Waals surface area contributed by atoms with Crippen LogP contribution in [0, 0.1) is 0 Å². The fraction of sp³-hybridized carbons (Fsp3) is 0.409. The lowest BCUT2D eigenvalue weighted by atomic mass is 10.2. The van der Waals surface area contributed by atoms with E-state index in [0.717, 1.165) is 43.0 Å². The molecule has 12 heteroatoms. The second kappa shape index (κ2) is 9.66. The average molecular weight is 486 g/mol. The van der Waals surface area contributed by atoms with Gasteiger partial charge in [-0.3, -0.25) is 9.69 Å². The van der Waals surface area contributed by atoms with E-state index in [1.54, 1.807) is 24.5 Å². The van der Waals surface area contributed by atoms with Crippen LogP contribution in [0.25, 0.3) is 11.0 Å². The number of anilines is 2. The molecule has 2 saturated heterocycles. The molecule has 2 fully saturated rings. The number of fused-ring (bicyclic) bond motifs is 1. The number of carbonyl (C=O) groups is 1. The molecule has 0 unspecified atom stereocenters. The normalized spacial score (nSPS) is 18.3. The predicted molar refractivity (Wildman–Crippen MR) is 127 cm³/mol. The summed E-state index contributed by atoms with van der Waals surface area (Å²) in [6.07, 6.45) is 3.41. The van der Waals surface area contributed by atoms with Crippen molar-refractivity contribution in [3.63, 3.8) is 0 Å². The molecule has 180 valence electrons. The minimum Gasteiger partial charge on any atom is -0.379 e. The number of hydrogen-bond acceptors (Lipinski definition) is 8. The maximum absolute atomic E-state index is 12.9. The molecule has 2 aliphatic rings. The third kappa shape index (κ3) is 4.75. The van der Waals surface area contributed by atoms with Gasteiger partial charge >= 0.3 is 0 Å². The zero-order chi connectivity index (χ0) is 23.5. The van der Waals surface area contributed by atoms with Crippen LogP contribution in [0.3, 0.4) is 0 Å². The quantitative estimate of drug-likeness (QED) is 0.524. The highest BCUT2D eigenvalue weighted by molar-refractivity contribution is 7.89. The molecule has 5 rings (SSSR count). The molecule has 11 nitrogen and oxygen atoms in total. The van der Waals surface area contributed by atoms with Crippen LogP contribution in [0.1, 0.15) is 0 Å². The molecule has 4 heterocycles. The molecule has 0 atom stereocenters. The van der Waals surface area contributed by atoms with Crippen LogP contribution >= 0.6 is 0 Å². The van der Waals surface area contributed by atoms with Crippen molar-refractivity contribution in [2.24, 2.45) is 0 Å². The molecule has 1 amide bonds. The van der Waals surface area contributed by atoms with Crippen LogP contribution in [0.5, 0.6) is 0 Å². The molecule has 0 aliphatic carbocycles. The monoisotopic (exact) mass is 485 g/mol. The smallest absolute Gasteiger partial charge is 0.243 e. The zero-order valence-electron chi connectivity index (χ0n) is 18.7. The maximum Gasteiger partial charge on any atom is 0.243 e. The molecule has 34 heavy (non-hydrogen) atoms. The van der Waals surface area contributed by atoms with Crippen molar-refractivity contribution in [2.75, 3.05) is 69.2 Å². The minimum atomic E-state index is -3.62. The van der Waals surface area contributed by atoms with Gasteiger partial charge in [-0.15, -0.1) is 0 Å². The van der Waals surface area contributed by atoms with Gasteiger partial charge in [-0.05, 0) is 24.3 Å². The first-order chi connectivity index (χ1) is 16.5. The number of carbonyl (C=O) groups excluding carboxylic acids is 1. The van der Waals surface area contributed by atoms with Crippen molar-refractivity contribution in [2.45, 2.75) is 4.90 Å². The number of aromatic amines is 1. The molecule has 0 spiro atoms. The van der Waals surface area contributed by atoms with Gasteiger partial charge in [0.1, 0.15) is 17.8 Å². The van der Waals surface area contributed by atoms with Gasteiger partial charge in [0.2, 0.25) is 15.9 Å². The molecule has 0 bridgehead atoms. The van der Waals surface area contributed by atoms with Gasteiger partial charge in [-0.2, -0.15) is 4.31 Å². The van der Waals surface area contributed by atoms with Crippen LogP contribution < -0.4 is 10.2 Å². The summed E-state index contributed by atoms with van der Waals surface area (Å²) in [6.45, 7) is 4.59. The number of nitrogens with zero attached hydrogens (tertiary/aromatic N) is 5. The fourth-order valence-electron chi connectivity index (χ4n) is 4.30. The Labute approximate surface area is 197 Å². The van der Waals surface area contributed by atoms with Crippen LogP contribution in [0.2, 0.25) is 0 Å². The first-order valence-electron chi connectivity index (χ1n) is 11.2. The molecule has 2 aromatic heterocycles. The van der Waals surface area contributed by atoms with Crippen molar-refractivity contribution in [1.82, 2.24) is 24.2 Å². The lowest BCUT2D eigenvalue weighted by Crippen LogP contribution is -2.49. The number of rotatable bonds is 6. The number of morpholine rings is 1. The van der Waals surface area contributed by atoms with Crippen molar-refractivity contribution in [1.29, 1.82) is 0 Å². The molecular weight excluding hydrogens is 458 g/mol.